The number of aliphatic hydroxyl groups is 1. The molecule has 0 unspecified atom stereocenters. The first-order chi connectivity index (χ1) is 9.18. The summed E-state index contributed by atoms with van der Waals surface area (Å²) in [4.78, 5) is 0. The maximum absolute atomic E-state index is 10.7. The monoisotopic (exact) mass is 281 g/mol. The van der Waals surface area contributed by atoms with E-state index in [-0.39, 0.29) is 0 Å². The molecule has 2 aliphatic carbocycles. The fraction of sp³-hybridized carbons (Fsp3) is 0.786. The highest BCUT2D eigenvalue weighted by molar-refractivity contribution is 7.10. The summed E-state index contributed by atoms with van der Waals surface area (Å²) in [5.74, 6) is 1.29. The number of nitrogens with two attached hydrogens (primary N) is 1. The van der Waals surface area contributed by atoms with E-state index in [0.29, 0.717) is 18.3 Å². The Bertz CT molecular complexity index is 434. The zero-order valence-electron chi connectivity index (χ0n) is 11.3. The summed E-state index contributed by atoms with van der Waals surface area (Å²) >= 11 is 1.44. The molecular formula is C14H23N3OS. The van der Waals surface area contributed by atoms with Gasteiger partial charge in [0.15, 0.2) is 0 Å². The molecule has 0 amide bonds. The Hall–Kier alpha value is -0.810. The van der Waals surface area contributed by atoms with Crippen LogP contribution in [0, 0.1) is 0 Å². The van der Waals surface area contributed by atoms with E-state index in [9.17, 15) is 5.11 Å². The van der Waals surface area contributed by atoms with Crippen molar-refractivity contribution >= 4 is 22.4 Å². The van der Waals surface area contributed by atoms with Gasteiger partial charge in [0.2, 0.25) is 0 Å². The molecule has 2 saturated carbocycles. The molecule has 1 aromatic rings. The average molecular weight is 281 g/mol. The van der Waals surface area contributed by atoms with Gasteiger partial charge in [-0.05, 0) is 43.1 Å². The minimum absolute atomic E-state index is 0.546. The molecule has 0 spiro atoms. The molecule has 1 aromatic heterocycles. The lowest BCUT2D eigenvalue weighted by Gasteiger charge is -2.27. The second-order valence-corrected chi connectivity index (χ2v) is 6.85. The second kappa shape index (κ2) is 5.29. The van der Waals surface area contributed by atoms with Crippen LogP contribution in [0.1, 0.15) is 62.8 Å². The fourth-order valence-corrected chi connectivity index (χ4v) is 3.81. The highest BCUT2D eigenvalue weighted by Crippen LogP contribution is 2.47. The number of aromatic nitrogens is 1. The predicted octanol–water partition coefficient (Wildman–Crippen LogP) is 3.10. The molecule has 4 nitrogen and oxygen atoms in total. The Morgan fingerprint density at radius 3 is 2.58 bits per heavy atom. The molecular weight excluding hydrogens is 258 g/mol. The molecule has 5 heteroatoms. The lowest BCUT2D eigenvalue weighted by atomic mass is 9.94. The second-order valence-electron chi connectivity index (χ2n) is 6.08. The van der Waals surface area contributed by atoms with Gasteiger partial charge < -0.3 is 16.2 Å². The van der Waals surface area contributed by atoms with Crippen LogP contribution >= 0.6 is 11.5 Å². The van der Waals surface area contributed by atoms with E-state index < -0.39 is 5.60 Å². The summed E-state index contributed by atoms with van der Waals surface area (Å²) < 4.78 is 4.26. The third-order valence-electron chi connectivity index (χ3n) is 4.35. The van der Waals surface area contributed by atoms with Crippen molar-refractivity contribution in [3.8, 4) is 0 Å². The molecule has 4 N–H and O–H groups in total. The third kappa shape index (κ3) is 3.03. The summed E-state index contributed by atoms with van der Waals surface area (Å²) in [6.45, 7) is 0.633. The molecule has 19 heavy (non-hydrogen) atoms. The first kappa shape index (κ1) is 13.2. The number of anilines is 2. The van der Waals surface area contributed by atoms with Crippen LogP contribution in [-0.2, 0) is 0 Å². The lowest BCUT2D eigenvalue weighted by molar-refractivity contribution is 0.0382. The van der Waals surface area contributed by atoms with E-state index in [1.807, 2.05) is 0 Å². The average Bonchev–Trinajstić information content (AvgIpc) is 3.18. The first-order valence-corrected chi connectivity index (χ1v) is 8.17. The van der Waals surface area contributed by atoms with Crippen molar-refractivity contribution in [2.45, 2.75) is 62.9 Å². The molecule has 2 fully saturated rings. The number of rotatable bonds is 4. The fourth-order valence-electron chi connectivity index (χ4n) is 3.01. The number of hydrogen-bond acceptors (Lipinski definition) is 5. The minimum Gasteiger partial charge on any atom is -0.388 e. The standard InChI is InChI=1S/C14H23N3OS/c15-12-11(10-5-6-10)13(19-17-12)16-9-14(18)7-3-1-2-4-8-14/h10,16,18H,1-9H2,(H2,15,17). The van der Waals surface area contributed by atoms with Gasteiger partial charge in [-0.25, -0.2) is 0 Å². The molecule has 0 bridgehead atoms. The predicted molar refractivity (Wildman–Crippen MR) is 79.6 cm³/mol. The van der Waals surface area contributed by atoms with Crippen molar-refractivity contribution in [2.75, 3.05) is 17.6 Å². The van der Waals surface area contributed by atoms with Crippen molar-refractivity contribution in [2.24, 2.45) is 0 Å². The summed E-state index contributed by atoms with van der Waals surface area (Å²) in [6, 6.07) is 0. The largest absolute Gasteiger partial charge is 0.388 e. The quantitative estimate of drug-likeness (QED) is 0.742. The van der Waals surface area contributed by atoms with E-state index in [1.165, 1.54) is 42.8 Å². The van der Waals surface area contributed by atoms with Crippen LogP contribution in [0.2, 0.25) is 0 Å². The van der Waals surface area contributed by atoms with E-state index in [0.717, 1.165) is 30.7 Å². The summed E-state index contributed by atoms with van der Waals surface area (Å²) in [6.07, 6.45) is 9.05. The maximum Gasteiger partial charge on any atom is 0.142 e. The zero-order chi connectivity index (χ0) is 13.3. The Balaban J connectivity index is 1.65. The van der Waals surface area contributed by atoms with Gasteiger partial charge in [-0.3, -0.25) is 0 Å². The number of nitrogens with zero attached hydrogens (tertiary/aromatic N) is 1. The van der Waals surface area contributed by atoms with Gasteiger partial charge in [0.1, 0.15) is 10.8 Å². The van der Waals surface area contributed by atoms with Gasteiger partial charge >= 0.3 is 0 Å². The van der Waals surface area contributed by atoms with E-state index in [2.05, 4.69) is 9.69 Å². The van der Waals surface area contributed by atoms with Crippen molar-refractivity contribution in [1.29, 1.82) is 0 Å². The van der Waals surface area contributed by atoms with Gasteiger partial charge in [-0.1, -0.05) is 25.7 Å². The first-order valence-electron chi connectivity index (χ1n) is 7.39. The van der Waals surface area contributed by atoms with Crippen LogP contribution in [0.4, 0.5) is 10.8 Å². The number of nitrogen functional groups attached to an aromatic ring is 1. The molecule has 0 atom stereocenters. The van der Waals surface area contributed by atoms with Gasteiger partial charge in [0.25, 0.3) is 0 Å². The Morgan fingerprint density at radius 2 is 1.95 bits per heavy atom. The SMILES string of the molecule is Nc1nsc(NCC2(O)CCCCCC2)c1C1CC1. The van der Waals surface area contributed by atoms with E-state index in [4.69, 9.17) is 5.73 Å². The van der Waals surface area contributed by atoms with Crippen molar-refractivity contribution < 1.29 is 5.11 Å². The summed E-state index contributed by atoms with van der Waals surface area (Å²) in [5, 5.41) is 15.2. The highest BCUT2D eigenvalue weighted by atomic mass is 32.1. The number of hydrogen-bond donors (Lipinski definition) is 3. The van der Waals surface area contributed by atoms with Crippen LogP contribution in [-0.4, -0.2) is 21.6 Å². The molecule has 0 aromatic carbocycles. The molecule has 1 heterocycles. The molecule has 0 aliphatic heterocycles. The van der Waals surface area contributed by atoms with Gasteiger partial charge in [0, 0.05) is 12.1 Å². The van der Waals surface area contributed by atoms with Crippen LogP contribution in [0.15, 0.2) is 0 Å². The van der Waals surface area contributed by atoms with Crippen molar-refractivity contribution in [3.63, 3.8) is 0 Å². The van der Waals surface area contributed by atoms with E-state index >= 15 is 0 Å². The van der Waals surface area contributed by atoms with Gasteiger partial charge in [0.05, 0.1) is 5.60 Å². The molecule has 0 radical (unpaired) electrons. The summed E-state index contributed by atoms with van der Waals surface area (Å²) in [5.41, 5.74) is 6.60. The minimum atomic E-state index is -0.546. The van der Waals surface area contributed by atoms with Gasteiger partial charge in [-0.15, -0.1) is 0 Å². The topological polar surface area (TPSA) is 71.2 Å². The Kier molecular flexibility index (Phi) is 3.67. The van der Waals surface area contributed by atoms with Crippen LogP contribution in [0.3, 0.4) is 0 Å². The highest BCUT2D eigenvalue weighted by Gasteiger charge is 2.32. The van der Waals surface area contributed by atoms with Crippen molar-refractivity contribution in [3.05, 3.63) is 5.56 Å². The van der Waals surface area contributed by atoms with Crippen molar-refractivity contribution in [1.82, 2.24) is 4.37 Å². The molecule has 3 rings (SSSR count). The van der Waals surface area contributed by atoms with Crippen LogP contribution in [0.25, 0.3) is 0 Å². The zero-order valence-corrected chi connectivity index (χ0v) is 12.1. The van der Waals surface area contributed by atoms with Crippen LogP contribution in [0.5, 0.6) is 0 Å². The lowest BCUT2D eigenvalue weighted by Crippen LogP contribution is -2.36. The Labute approximate surface area is 118 Å². The normalized spacial score (nSPS) is 23.0. The maximum atomic E-state index is 10.7. The van der Waals surface area contributed by atoms with Gasteiger partial charge in [-0.2, -0.15) is 4.37 Å². The third-order valence-corrected chi connectivity index (χ3v) is 5.19. The van der Waals surface area contributed by atoms with E-state index in [1.54, 1.807) is 0 Å². The summed E-state index contributed by atoms with van der Waals surface area (Å²) in [7, 11) is 0. The molecule has 106 valence electrons. The van der Waals surface area contributed by atoms with Crippen LogP contribution < -0.4 is 11.1 Å². The Morgan fingerprint density at radius 1 is 1.26 bits per heavy atom. The number of nitrogens with one attached hydrogen (secondary N) is 1. The molecule has 0 saturated heterocycles. The smallest absolute Gasteiger partial charge is 0.142 e. The molecule has 2 aliphatic rings.